The van der Waals surface area contributed by atoms with Crippen LogP contribution in [0.5, 0.6) is 0 Å². The first-order valence-corrected chi connectivity index (χ1v) is 26.2. The van der Waals surface area contributed by atoms with E-state index in [1.165, 1.54) is 122 Å². The molecule has 3 unspecified atom stereocenters. The number of rotatable bonds is 46. The molecule has 6 nitrogen and oxygen atoms in total. The Labute approximate surface area is 383 Å². The van der Waals surface area contributed by atoms with Crippen molar-refractivity contribution in [3.05, 3.63) is 72.9 Å². The second-order valence-electron chi connectivity index (χ2n) is 17.5. The molecule has 0 radical (unpaired) electrons. The molecule has 3 N–H and O–H groups in total. The summed E-state index contributed by atoms with van der Waals surface area (Å²) in [5.41, 5.74) is 0. The van der Waals surface area contributed by atoms with Crippen LogP contribution in [0.25, 0.3) is 0 Å². The molecule has 0 aliphatic heterocycles. The summed E-state index contributed by atoms with van der Waals surface area (Å²) in [5.74, 6) is -0.586. The second kappa shape index (κ2) is 49.3. The standard InChI is InChI=1S/C56H99NO5/c1-4-7-10-13-16-19-22-25-28-29-32-35-38-41-44-47-52(62-56(61)49-46-43-40-37-34-31-27-24-21-18-15-12-9-6-3)50-55(60)57-53(51-58)54(59)48-45-42-39-36-33-30-26-23-20-17-14-11-8-5-2/h9,12,16,18-19,21,25,28,32,35,41,44,52-54,58-59H,4-8,10-11,13-15,17,20,22-24,26-27,29-31,33-34,36-40,42-43,45-51H2,1-3H3,(H,57,60)/b12-9+,19-16-,21-18+,28-25-,35-32-,44-41-. The zero-order valence-electron chi connectivity index (χ0n) is 40.7. The summed E-state index contributed by atoms with van der Waals surface area (Å²) in [5, 5.41) is 23.7. The Kier molecular flexibility index (Phi) is 47.2. The quantitative estimate of drug-likeness (QED) is 0.0322. The number of nitrogens with one attached hydrogen (secondary N) is 1. The van der Waals surface area contributed by atoms with Gasteiger partial charge in [0.2, 0.25) is 5.91 Å². The van der Waals surface area contributed by atoms with E-state index in [-0.39, 0.29) is 24.9 Å². The fourth-order valence-electron chi connectivity index (χ4n) is 7.57. The van der Waals surface area contributed by atoms with Crippen LogP contribution in [0, 0.1) is 0 Å². The molecule has 0 aromatic heterocycles. The molecule has 0 saturated heterocycles. The van der Waals surface area contributed by atoms with Gasteiger partial charge in [-0.3, -0.25) is 9.59 Å². The molecule has 0 saturated carbocycles. The van der Waals surface area contributed by atoms with Gasteiger partial charge in [-0.2, -0.15) is 0 Å². The van der Waals surface area contributed by atoms with E-state index in [4.69, 9.17) is 4.74 Å². The number of amides is 1. The van der Waals surface area contributed by atoms with Gasteiger partial charge in [0.15, 0.2) is 0 Å². The van der Waals surface area contributed by atoms with Crippen molar-refractivity contribution in [2.75, 3.05) is 6.61 Å². The van der Waals surface area contributed by atoms with Crippen LogP contribution in [0.3, 0.4) is 0 Å². The van der Waals surface area contributed by atoms with E-state index in [1.807, 2.05) is 6.08 Å². The van der Waals surface area contributed by atoms with Gasteiger partial charge in [-0.15, -0.1) is 0 Å². The fraction of sp³-hybridized carbons (Fsp3) is 0.750. The summed E-state index contributed by atoms with van der Waals surface area (Å²) in [6.45, 7) is 6.32. The summed E-state index contributed by atoms with van der Waals surface area (Å²) in [7, 11) is 0. The predicted molar refractivity (Wildman–Crippen MR) is 268 cm³/mol. The van der Waals surface area contributed by atoms with Crippen molar-refractivity contribution < 1.29 is 24.5 Å². The number of allylic oxidation sites excluding steroid dienone is 11. The Hall–Kier alpha value is -2.70. The Morgan fingerprint density at radius 3 is 1.40 bits per heavy atom. The van der Waals surface area contributed by atoms with Crippen molar-refractivity contribution >= 4 is 11.9 Å². The van der Waals surface area contributed by atoms with E-state index < -0.39 is 18.2 Å². The molecule has 0 fully saturated rings. The first-order valence-electron chi connectivity index (χ1n) is 26.2. The largest absolute Gasteiger partial charge is 0.461 e. The van der Waals surface area contributed by atoms with Crippen LogP contribution in [-0.4, -0.2) is 46.9 Å². The van der Waals surface area contributed by atoms with E-state index in [1.54, 1.807) is 0 Å². The molecule has 0 aromatic rings. The average molecular weight is 866 g/mol. The van der Waals surface area contributed by atoms with Gasteiger partial charge in [0.1, 0.15) is 6.10 Å². The third kappa shape index (κ3) is 43.9. The zero-order chi connectivity index (χ0) is 45.2. The van der Waals surface area contributed by atoms with Gasteiger partial charge in [0.05, 0.1) is 25.2 Å². The van der Waals surface area contributed by atoms with E-state index in [9.17, 15) is 19.8 Å². The van der Waals surface area contributed by atoms with Crippen LogP contribution in [-0.2, 0) is 14.3 Å². The highest BCUT2D eigenvalue weighted by Gasteiger charge is 2.23. The summed E-state index contributed by atoms with van der Waals surface area (Å²) in [6.07, 6.45) is 62.6. The van der Waals surface area contributed by atoms with E-state index in [0.29, 0.717) is 19.3 Å². The first-order chi connectivity index (χ1) is 30.5. The molecule has 0 aliphatic carbocycles. The zero-order valence-corrected chi connectivity index (χ0v) is 40.7. The van der Waals surface area contributed by atoms with Crippen LogP contribution in [0.2, 0.25) is 0 Å². The van der Waals surface area contributed by atoms with Crippen molar-refractivity contribution in [1.29, 1.82) is 0 Å². The van der Waals surface area contributed by atoms with Crippen LogP contribution >= 0.6 is 0 Å². The minimum atomic E-state index is -0.814. The van der Waals surface area contributed by atoms with Gasteiger partial charge < -0.3 is 20.3 Å². The predicted octanol–water partition coefficient (Wildman–Crippen LogP) is 15.8. The molecule has 358 valence electrons. The molecule has 6 heteroatoms. The van der Waals surface area contributed by atoms with Crippen LogP contribution in [0.1, 0.15) is 245 Å². The highest BCUT2D eigenvalue weighted by molar-refractivity contribution is 5.77. The maximum absolute atomic E-state index is 13.2. The molecule has 1 amide bonds. The van der Waals surface area contributed by atoms with E-state index in [2.05, 4.69) is 92.9 Å². The highest BCUT2D eigenvalue weighted by atomic mass is 16.5. The smallest absolute Gasteiger partial charge is 0.306 e. The van der Waals surface area contributed by atoms with Gasteiger partial charge in [0, 0.05) is 12.8 Å². The highest BCUT2D eigenvalue weighted by Crippen LogP contribution is 2.16. The number of hydrogen-bond acceptors (Lipinski definition) is 5. The number of carbonyl (C=O) groups is 2. The lowest BCUT2D eigenvalue weighted by Crippen LogP contribution is -2.46. The number of aliphatic hydroxyl groups excluding tert-OH is 2. The van der Waals surface area contributed by atoms with Crippen molar-refractivity contribution in [2.45, 2.75) is 264 Å². The third-order valence-electron chi connectivity index (χ3n) is 11.5. The molecule has 62 heavy (non-hydrogen) atoms. The summed E-state index contributed by atoms with van der Waals surface area (Å²) >= 11 is 0. The number of aliphatic hydroxyl groups is 2. The van der Waals surface area contributed by atoms with Crippen molar-refractivity contribution in [3.8, 4) is 0 Å². The number of esters is 1. The minimum Gasteiger partial charge on any atom is -0.461 e. The number of ether oxygens (including phenoxy) is 1. The van der Waals surface area contributed by atoms with Crippen LogP contribution in [0.4, 0.5) is 0 Å². The number of unbranched alkanes of at least 4 members (excludes halogenated alkanes) is 23. The topological polar surface area (TPSA) is 95.9 Å². The van der Waals surface area contributed by atoms with Gasteiger partial charge in [0.25, 0.3) is 0 Å². The monoisotopic (exact) mass is 866 g/mol. The van der Waals surface area contributed by atoms with Crippen LogP contribution in [0.15, 0.2) is 72.9 Å². The third-order valence-corrected chi connectivity index (χ3v) is 11.5. The lowest BCUT2D eigenvalue weighted by atomic mass is 10.0. The molecule has 0 spiro atoms. The molecule has 0 aromatic carbocycles. The van der Waals surface area contributed by atoms with Gasteiger partial charge >= 0.3 is 5.97 Å². The van der Waals surface area contributed by atoms with Crippen molar-refractivity contribution in [1.82, 2.24) is 5.32 Å². The Balaban J connectivity index is 4.71. The van der Waals surface area contributed by atoms with Crippen molar-refractivity contribution in [3.63, 3.8) is 0 Å². The Morgan fingerprint density at radius 1 is 0.500 bits per heavy atom. The van der Waals surface area contributed by atoms with E-state index >= 15 is 0 Å². The summed E-state index contributed by atoms with van der Waals surface area (Å²) in [4.78, 5) is 26.1. The SMILES string of the molecule is CC/C=C/C/C=C/CCCCCCCCCC(=O)OC(C/C=C\C/C=C\C/C=C\C/C=C\CCCCC)CC(=O)NC(CO)C(O)CCCCCCCCCCCCCCCC. The fourth-order valence-corrected chi connectivity index (χ4v) is 7.57. The maximum Gasteiger partial charge on any atom is 0.306 e. The summed E-state index contributed by atoms with van der Waals surface area (Å²) in [6, 6.07) is -0.734. The lowest BCUT2D eigenvalue weighted by Gasteiger charge is -2.24. The lowest BCUT2D eigenvalue weighted by molar-refractivity contribution is -0.150. The van der Waals surface area contributed by atoms with E-state index in [0.717, 1.165) is 77.0 Å². The molecule has 0 heterocycles. The second-order valence-corrected chi connectivity index (χ2v) is 17.5. The van der Waals surface area contributed by atoms with Gasteiger partial charge in [-0.1, -0.05) is 229 Å². The van der Waals surface area contributed by atoms with Crippen LogP contribution < -0.4 is 5.32 Å². The average Bonchev–Trinajstić information content (AvgIpc) is 3.26. The molecular formula is C56H99NO5. The minimum absolute atomic E-state index is 0.00350. The molecule has 0 aliphatic rings. The Bertz CT molecular complexity index is 1150. The van der Waals surface area contributed by atoms with Gasteiger partial charge in [-0.05, 0) is 70.6 Å². The Morgan fingerprint density at radius 2 is 0.903 bits per heavy atom. The number of hydrogen-bond donors (Lipinski definition) is 3. The molecular weight excluding hydrogens is 767 g/mol. The molecule has 0 rings (SSSR count). The summed E-state index contributed by atoms with van der Waals surface area (Å²) < 4.78 is 5.87. The van der Waals surface area contributed by atoms with Gasteiger partial charge in [-0.25, -0.2) is 0 Å². The normalized spacial score (nSPS) is 13.8. The number of carbonyl (C=O) groups excluding carboxylic acids is 2. The maximum atomic E-state index is 13.2. The first kappa shape index (κ1) is 59.3. The molecule has 0 bridgehead atoms. The molecule has 3 atom stereocenters. The van der Waals surface area contributed by atoms with Crippen molar-refractivity contribution in [2.24, 2.45) is 0 Å².